The van der Waals surface area contributed by atoms with Gasteiger partial charge in [0.25, 0.3) is 5.91 Å². The molecule has 1 saturated carbocycles. The summed E-state index contributed by atoms with van der Waals surface area (Å²) in [4.78, 5) is 25.6. The monoisotopic (exact) mass is 546 g/mol. The van der Waals surface area contributed by atoms with Crippen molar-refractivity contribution >= 4 is 33.7 Å². The van der Waals surface area contributed by atoms with E-state index in [1.807, 2.05) is 37.4 Å². The molecule has 3 rings (SSSR count). The minimum atomic E-state index is -3.53. The molecule has 9 heteroatoms. The molecule has 2 aromatic rings. The predicted molar refractivity (Wildman–Crippen MR) is 150 cm³/mol. The molecule has 1 amide bonds. The Labute approximate surface area is 225 Å². The highest BCUT2D eigenvalue weighted by Gasteiger charge is 2.24. The molecule has 0 saturated heterocycles. The van der Waals surface area contributed by atoms with Crippen molar-refractivity contribution in [2.24, 2.45) is 5.92 Å². The summed E-state index contributed by atoms with van der Waals surface area (Å²) in [5.41, 5.74) is 3.39. The van der Waals surface area contributed by atoms with Gasteiger partial charge in [0.2, 0.25) is 10.0 Å². The molecule has 1 aliphatic carbocycles. The van der Waals surface area contributed by atoms with Gasteiger partial charge in [-0.15, -0.1) is 0 Å². The zero-order valence-corrected chi connectivity index (χ0v) is 23.6. The van der Waals surface area contributed by atoms with Crippen LogP contribution in [0.25, 0.3) is 11.1 Å². The van der Waals surface area contributed by atoms with E-state index in [0.717, 1.165) is 36.8 Å². The van der Waals surface area contributed by atoms with Crippen LogP contribution in [-0.2, 0) is 25.3 Å². The first kappa shape index (κ1) is 29.2. The number of carbonyl (C=O) groups excluding carboxylic acids is 2. The van der Waals surface area contributed by atoms with Gasteiger partial charge >= 0.3 is 5.97 Å². The fourth-order valence-electron chi connectivity index (χ4n) is 4.75. The highest BCUT2D eigenvalue weighted by Crippen LogP contribution is 2.29. The average molecular weight is 547 g/mol. The number of hydrogen-bond donors (Lipinski definition) is 2. The Bertz CT molecular complexity index is 1180. The van der Waals surface area contributed by atoms with Crippen molar-refractivity contribution in [1.29, 1.82) is 0 Å². The number of hydrogen-bond acceptors (Lipinski definition) is 6. The van der Waals surface area contributed by atoms with Crippen LogP contribution in [0.1, 0.15) is 60.0 Å². The molecule has 37 heavy (non-hydrogen) atoms. The van der Waals surface area contributed by atoms with Crippen LogP contribution in [-0.4, -0.2) is 52.0 Å². The van der Waals surface area contributed by atoms with Crippen molar-refractivity contribution in [2.45, 2.75) is 57.2 Å². The van der Waals surface area contributed by atoms with Gasteiger partial charge in [-0.05, 0) is 78.5 Å². The number of sulfonamides is 1. The van der Waals surface area contributed by atoms with Crippen molar-refractivity contribution in [3.05, 3.63) is 59.2 Å². The molecule has 1 fully saturated rings. The SMILES string of the molecule is COC(=O)C(CCSC)NC(=O)c1ccc(CS(=O)(=O)NCC2CCCCC2)cc1-c1ccccc1C. The lowest BCUT2D eigenvalue weighted by atomic mass is 9.90. The zero-order chi connectivity index (χ0) is 26.8. The number of esters is 1. The quantitative estimate of drug-likeness (QED) is 0.375. The van der Waals surface area contributed by atoms with Gasteiger partial charge in [-0.1, -0.05) is 49.6 Å². The van der Waals surface area contributed by atoms with Crippen LogP contribution in [0.15, 0.2) is 42.5 Å². The van der Waals surface area contributed by atoms with Gasteiger partial charge in [-0.2, -0.15) is 11.8 Å². The van der Waals surface area contributed by atoms with Gasteiger partial charge in [-0.3, -0.25) is 4.79 Å². The maximum atomic E-state index is 13.4. The Morgan fingerprint density at radius 1 is 1.08 bits per heavy atom. The van der Waals surface area contributed by atoms with Gasteiger partial charge in [0.1, 0.15) is 6.04 Å². The van der Waals surface area contributed by atoms with Gasteiger partial charge in [0.15, 0.2) is 0 Å². The molecule has 2 N–H and O–H groups in total. The summed E-state index contributed by atoms with van der Waals surface area (Å²) in [6.07, 6.45) is 8.04. The number of aryl methyl sites for hydroxylation is 1. The number of methoxy groups -OCH3 is 1. The van der Waals surface area contributed by atoms with Crippen LogP contribution >= 0.6 is 11.8 Å². The zero-order valence-electron chi connectivity index (χ0n) is 21.9. The van der Waals surface area contributed by atoms with Crippen molar-refractivity contribution in [3.63, 3.8) is 0 Å². The summed E-state index contributed by atoms with van der Waals surface area (Å²) in [5.74, 6) is 0.0196. The number of carbonyl (C=O) groups is 2. The number of ether oxygens (including phenoxy) is 1. The van der Waals surface area contributed by atoms with Gasteiger partial charge in [0.05, 0.1) is 12.9 Å². The lowest BCUT2D eigenvalue weighted by Crippen LogP contribution is -2.42. The third kappa shape index (κ3) is 8.58. The molecular formula is C28H38N2O5S2. The molecule has 202 valence electrons. The smallest absolute Gasteiger partial charge is 0.328 e. The maximum Gasteiger partial charge on any atom is 0.328 e. The standard InChI is InChI=1S/C28H38N2O5S2/c1-20-9-7-8-12-23(20)25-17-22(19-37(33,34)29-18-21-10-5-4-6-11-21)13-14-24(25)27(31)30-26(15-16-36-3)28(32)35-2/h7-9,12-14,17,21,26,29H,4-6,10-11,15-16,18-19H2,1-3H3,(H,30,31). The van der Waals surface area contributed by atoms with Crippen molar-refractivity contribution in [2.75, 3.05) is 25.7 Å². The summed E-state index contributed by atoms with van der Waals surface area (Å²) in [6, 6.07) is 12.0. The maximum absolute atomic E-state index is 13.4. The van der Waals surface area contributed by atoms with E-state index in [9.17, 15) is 18.0 Å². The van der Waals surface area contributed by atoms with Gasteiger partial charge < -0.3 is 10.1 Å². The highest BCUT2D eigenvalue weighted by atomic mass is 32.2. The fraction of sp³-hybridized carbons (Fsp3) is 0.500. The molecule has 1 atom stereocenters. The first-order valence-corrected chi connectivity index (χ1v) is 15.8. The lowest BCUT2D eigenvalue weighted by molar-refractivity contribution is -0.142. The van der Waals surface area contributed by atoms with Crippen LogP contribution in [0.5, 0.6) is 0 Å². The van der Waals surface area contributed by atoms with Gasteiger partial charge in [-0.25, -0.2) is 17.9 Å². The molecule has 1 aliphatic rings. The topological polar surface area (TPSA) is 102 Å². The van der Waals surface area contributed by atoms with Crippen molar-refractivity contribution in [1.82, 2.24) is 10.0 Å². The van der Waals surface area contributed by atoms with E-state index in [1.165, 1.54) is 13.5 Å². The van der Waals surface area contributed by atoms with E-state index >= 15 is 0 Å². The Balaban J connectivity index is 1.86. The molecule has 0 heterocycles. The van der Waals surface area contributed by atoms with Gasteiger partial charge in [0, 0.05) is 12.1 Å². The number of nitrogens with one attached hydrogen (secondary N) is 2. The molecule has 0 aliphatic heterocycles. The molecular weight excluding hydrogens is 508 g/mol. The largest absolute Gasteiger partial charge is 0.467 e. The Morgan fingerprint density at radius 2 is 1.81 bits per heavy atom. The van der Waals surface area contributed by atoms with Crippen molar-refractivity contribution < 1.29 is 22.7 Å². The first-order valence-electron chi connectivity index (χ1n) is 12.8. The minimum absolute atomic E-state index is 0.168. The van der Waals surface area contributed by atoms with E-state index in [-0.39, 0.29) is 5.75 Å². The molecule has 0 aromatic heterocycles. The molecule has 0 bridgehead atoms. The normalized spacial score (nSPS) is 15.2. The fourth-order valence-corrected chi connectivity index (χ4v) is 6.43. The molecule has 0 radical (unpaired) electrons. The number of rotatable bonds is 12. The second-order valence-electron chi connectivity index (χ2n) is 9.64. The summed E-state index contributed by atoms with van der Waals surface area (Å²) in [5, 5.41) is 2.82. The van der Waals surface area contributed by atoms with Crippen LogP contribution in [0.4, 0.5) is 0 Å². The van der Waals surface area contributed by atoms with Crippen LogP contribution in [0, 0.1) is 12.8 Å². The van der Waals surface area contributed by atoms with E-state index in [0.29, 0.717) is 41.3 Å². The molecule has 2 aromatic carbocycles. The Hall–Kier alpha value is -2.36. The molecule has 1 unspecified atom stereocenters. The second-order valence-corrected chi connectivity index (χ2v) is 12.4. The Morgan fingerprint density at radius 3 is 2.49 bits per heavy atom. The van der Waals surface area contributed by atoms with E-state index < -0.39 is 27.9 Å². The van der Waals surface area contributed by atoms with E-state index in [2.05, 4.69) is 10.0 Å². The number of amides is 1. The third-order valence-electron chi connectivity index (χ3n) is 6.84. The van der Waals surface area contributed by atoms with Crippen LogP contribution in [0.3, 0.4) is 0 Å². The summed E-state index contributed by atoms with van der Waals surface area (Å²) in [6.45, 7) is 2.42. The van der Waals surface area contributed by atoms with Crippen LogP contribution < -0.4 is 10.0 Å². The molecule has 7 nitrogen and oxygen atoms in total. The summed E-state index contributed by atoms with van der Waals surface area (Å²) >= 11 is 1.58. The molecule has 0 spiro atoms. The Kier molecular flexibility index (Phi) is 11.0. The first-order chi connectivity index (χ1) is 17.7. The second kappa shape index (κ2) is 14.0. The number of thioether (sulfide) groups is 1. The highest BCUT2D eigenvalue weighted by molar-refractivity contribution is 7.98. The van der Waals surface area contributed by atoms with Crippen LogP contribution in [0.2, 0.25) is 0 Å². The summed E-state index contributed by atoms with van der Waals surface area (Å²) < 4.78 is 33.4. The minimum Gasteiger partial charge on any atom is -0.467 e. The lowest BCUT2D eigenvalue weighted by Gasteiger charge is -2.22. The average Bonchev–Trinajstić information content (AvgIpc) is 2.90. The predicted octanol–water partition coefficient (Wildman–Crippen LogP) is 4.69. The van der Waals surface area contributed by atoms with E-state index in [4.69, 9.17) is 4.74 Å². The number of benzene rings is 2. The summed E-state index contributed by atoms with van der Waals surface area (Å²) in [7, 11) is -2.23. The van der Waals surface area contributed by atoms with E-state index in [1.54, 1.807) is 30.0 Å². The van der Waals surface area contributed by atoms with Crippen molar-refractivity contribution in [3.8, 4) is 11.1 Å². The third-order valence-corrected chi connectivity index (χ3v) is 8.80.